The molecule has 0 saturated carbocycles. The topological polar surface area (TPSA) is 79.5 Å². The molecule has 3 rings (SSSR count). The van der Waals surface area contributed by atoms with Gasteiger partial charge in [-0.15, -0.1) is 0 Å². The van der Waals surface area contributed by atoms with Gasteiger partial charge in [-0.05, 0) is 38.3 Å². The third-order valence-electron chi connectivity index (χ3n) is 5.05. The van der Waals surface area contributed by atoms with Crippen LogP contribution in [-0.2, 0) is 6.42 Å². The summed E-state index contributed by atoms with van der Waals surface area (Å²) in [5, 5.41) is 4.00. The summed E-state index contributed by atoms with van der Waals surface area (Å²) in [6.45, 7) is 5.08. The first-order valence-electron chi connectivity index (χ1n) is 9.34. The van der Waals surface area contributed by atoms with Crippen LogP contribution in [-0.4, -0.2) is 58.9 Å². The first-order chi connectivity index (χ1) is 12.9. The summed E-state index contributed by atoms with van der Waals surface area (Å²) in [5.74, 6) is 0.652. The summed E-state index contributed by atoms with van der Waals surface area (Å²) in [4.78, 5) is 32.9. The zero-order chi connectivity index (χ0) is 19.6. The minimum Gasteiger partial charge on any atom is -0.361 e. The maximum absolute atomic E-state index is 13.0. The zero-order valence-electron chi connectivity index (χ0n) is 16.4. The number of piperidine rings is 1. The quantitative estimate of drug-likeness (QED) is 0.827. The molecular formula is C20H26N4O3. The second kappa shape index (κ2) is 7.90. The third kappa shape index (κ3) is 3.86. The van der Waals surface area contributed by atoms with Gasteiger partial charge in [0, 0.05) is 45.0 Å². The van der Waals surface area contributed by atoms with E-state index in [9.17, 15) is 9.59 Å². The van der Waals surface area contributed by atoms with E-state index < -0.39 is 0 Å². The summed E-state index contributed by atoms with van der Waals surface area (Å²) < 4.78 is 5.22. The van der Waals surface area contributed by atoms with Crippen LogP contribution in [0.3, 0.4) is 0 Å². The summed E-state index contributed by atoms with van der Waals surface area (Å²) in [7, 11) is 3.44. The smallest absolute Gasteiger partial charge is 0.259 e. The number of aryl methyl sites for hydroxylation is 2. The number of likely N-dealkylation sites (tertiary alicyclic amines) is 1. The van der Waals surface area contributed by atoms with Gasteiger partial charge in [-0.3, -0.25) is 14.6 Å². The summed E-state index contributed by atoms with van der Waals surface area (Å²) in [6.07, 6.45) is 4.18. The summed E-state index contributed by atoms with van der Waals surface area (Å²) in [5.41, 5.74) is 2.79. The number of rotatable bonds is 4. The number of amides is 2. The third-order valence-corrected chi connectivity index (χ3v) is 5.05. The molecule has 1 aliphatic rings. The van der Waals surface area contributed by atoms with Crippen molar-refractivity contribution in [3.8, 4) is 0 Å². The number of pyridine rings is 1. The van der Waals surface area contributed by atoms with Gasteiger partial charge in [-0.1, -0.05) is 12.1 Å². The zero-order valence-corrected chi connectivity index (χ0v) is 16.4. The molecule has 2 aromatic heterocycles. The molecule has 0 aromatic carbocycles. The van der Waals surface area contributed by atoms with Crippen molar-refractivity contribution in [2.45, 2.75) is 39.0 Å². The molecule has 1 aliphatic heterocycles. The second-order valence-electron chi connectivity index (χ2n) is 7.18. The Kier molecular flexibility index (Phi) is 5.58. The van der Waals surface area contributed by atoms with Gasteiger partial charge in [0.1, 0.15) is 11.3 Å². The molecule has 0 N–H and O–H groups in total. The van der Waals surface area contributed by atoms with E-state index in [2.05, 4.69) is 10.1 Å². The molecule has 0 radical (unpaired) electrons. The largest absolute Gasteiger partial charge is 0.361 e. The SMILES string of the molecule is CCc1noc(C)c1C(=O)N1CCCC(c2ccc(C(=O)N(C)C)cn2)C1. The van der Waals surface area contributed by atoms with Crippen molar-refractivity contribution in [1.29, 1.82) is 0 Å². The highest BCUT2D eigenvalue weighted by atomic mass is 16.5. The van der Waals surface area contributed by atoms with Crippen LogP contribution < -0.4 is 0 Å². The van der Waals surface area contributed by atoms with E-state index in [4.69, 9.17) is 4.52 Å². The monoisotopic (exact) mass is 370 g/mol. The molecule has 27 heavy (non-hydrogen) atoms. The summed E-state index contributed by atoms with van der Waals surface area (Å²) >= 11 is 0. The van der Waals surface area contributed by atoms with Crippen molar-refractivity contribution in [3.63, 3.8) is 0 Å². The van der Waals surface area contributed by atoms with Gasteiger partial charge in [0.15, 0.2) is 0 Å². The molecular weight excluding hydrogens is 344 g/mol. The first-order valence-corrected chi connectivity index (χ1v) is 9.34. The van der Waals surface area contributed by atoms with Crippen LogP contribution in [0.5, 0.6) is 0 Å². The highest BCUT2D eigenvalue weighted by Gasteiger charge is 2.30. The Morgan fingerprint density at radius 3 is 2.74 bits per heavy atom. The fourth-order valence-corrected chi connectivity index (χ4v) is 3.53. The predicted molar refractivity (Wildman–Crippen MR) is 101 cm³/mol. The van der Waals surface area contributed by atoms with Crippen LogP contribution >= 0.6 is 0 Å². The maximum Gasteiger partial charge on any atom is 0.259 e. The standard InChI is InChI=1S/C20H26N4O3/c1-5-16-18(13(2)27-22-16)20(26)24-10-6-7-15(12-24)17-9-8-14(11-21-17)19(25)23(3)4/h8-9,11,15H,5-7,10,12H2,1-4H3. The van der Waals surface area contributed by atoms with E-state index in [-0.39, 0.29) is 17.7 Å². The lowest BCUT2D eigenvalue weighted by atomic mass is 9.93. The van der Waals surface area contributed by atoms with Crippen molar-refractivity contribution in [2.75, 3.05) is 27.2 Å². The van der Waals surface area contributed by atoms with Gasteiger partial charge >= 0.3 is 0 Å². The molecule has 144 valence electrons. The normalized spacial score (nSPS) is 17.0. The Labute approximate surface area is 159 Å². The fraction of sp³-hybridized carbons (Fsp3) is 0.500. The molecule has 7 nitrogen and oxygen atoms in total. The lowest BCUT2D eigenvalue weighted by Crippen LogP contribution is -2.39. The van der Waals surface area contributed by atoms with Crippen LogP contribution in [0.15, 0.2) is 22.9 Å². The van der Waals surface area contributed by atoms with Crippen molar-refractivity contribution in [2.24, 2.45) is 0 Å². The van der Waals surface area contributed by atoms with Crippen molar-refractivity contribution in [3.05, 3.63) is 46.6 Å². The van der Waals surface area contributed by atoms with E-state index in [1.165, 1.54) is 4.90 Å². The Bertz CT molecular complexity index is 826. The van der Waals surface area contributed by atoms with Crippen molar-refractivity contribution >= 4 is 11.8 Å². The van der Waals surface area contributed by atoms with Gasteiger partial charge in [-0.2, -0.15) is 0 Å². The Balaban J connectivity index is 1.75. The Hall–Kier alpha value is -2.70. The molecule has 0 bridgehead atoms. The second-order valence-corrected chi connectivity index (χ2v) is 7.18. The van der Waals surface area contributed by atoms with Crippen molar-refractivity contribution in [1.82, 2.24) is 19.9 Å². The maximum atomic E-state index is 13.0. The van der Waals surface area contributed by atoms with Gasteiger partial charge in [-0.25, -0.2) is 0 Å². The lowest BCUT2D eigenvalue weighted by molar-refractivity contribution is 0.0703. The number of carbonyl (C=O) groups is 2. The Morgan fingerprint density at radius 1 is 1.33 bits per heavy atom. The van der Waals surface area contributed by atoms with Gasteiger partial charge < -0.3 is 14.3 Å². The summed E-state index contributed by atoms with van der Waals surface area (Å²) in [6, 6.07) is 3.71. The lowest BCUT2D eigenvalue weighted by Gasteiger charge is -2.32. The highest BCUT2D eigenvalue weighted by molar-refractivity contribution is 5.96. The van der Waals surface area contributed by atoms with Crippen LogP contribution in [0, 0.1) is 6.92 Å². The van der Waals surface area contributed by atoms with Crippen molar-refractivity contribution < 1.29 is 14.1 Å². The molecule has 0 spiro atoms. The predicted octanol–water partition coefficient (Wildman–Crippen LogP) is 2.66. The van der Waals surface area contributed by atoms with Gasteiger partial charge in [0.25, 0.3) is 11.8 Å². The van der Waals surface area contributed by atoms with Crippen LogP contribution in [0.1, 0.15) is 63.5 Å². The van der Waals surface area contributed by atoms with Crippen LogP contribution in [0.25, 0.3) is 0 Å². The van der Waals surface area contributed by atoms with Crippen LogP contribution in [0.4, 0.5) is 0 Å². The van der Waals surface area contributed by atoms with Crippen LogP contribution in [0.2, 0.25) is 0 Å². The number of carbonyl (C=O) groups excluding carboxylic acids is 2. The number of nitrogens with zero attached hydrogens (tertiary/aromatic N) is 4. The van der Waals surface area contributed by atoms with E-state index in [0.29, 0.717) is 35.5 Å². The van der Waals surface area contributed by atoms with E-state index in [1.54, 1.807) is 27.2 Å². The van der Waals surface area contributed by atoms with E-state index in [1.807, 2.05) is 24.0 Å². The van der Waals surface area contributed by atoms with Gasteiger partial charge in [0.05, 0.1) is 11.3 Å². The molecule has 1 fully saturated rings. The number of hydrogen-bond acceptors (Lipinski definition) is 5. The fourth-order valence-electron chi connectivity index (χ4n) is 3.53. The molecule has 1 atom stereocenters. The number of hydrogen-bond donors (Lipinski definition) is 0. The molecule has 1 unspecified atom stereocenters. The molecule has 1 saturated heterocycles. The van der Waals surface area contributed by atoms with E-state index >= 15 is 0 Å². The molecule has 2 aromatic rings. The molecule has 7 heteroatoms. The molecule has 0 aliphatic carbocycles. The van der Waals surface area contributed by atoms with E-state index in [0.717, 1.165) is 25.1 Å². The molecule has 3 heterocycles. The number of aromatic nitrogens is 2. The van der Waals surface area contributed by atoms with Gasteiger partial charge in [0.2, 0.25) is 0 Å². The highest BCUT2D eigenvalue weighted by Crippen LogP contribution is 2.28. The minimum atomic E-state index is -0.0653. The average Bonchev–Trinajstić information content (AvgIpc) is 3.07. The average molecular weight is 370 g/mol. The molecule has 2 amide bonds. The minimum absolute atomic E-state index is 0.0188. The first kappa shape index (κ1) is 19.1. The Morgan fingerprint density at radius 2 is 2.11 bits per heavy atom.